The molecule has 1 aliphatic heterocycles. The molecule has 1 aliphatic rings. The fraction of sp³-hybridized carbons (Fsp3) is 0.583. The highest BCUT2D eigenvalue weighted by Gasteiger charge is 2.36. The molecule has 0 aromatic carbocycles. The highest BCUT2D eigenvalue weighted by molar-refractivity contribution is 7.89. The first-order valence-electron chi connectivity index (χ1n) is 6.84. The Hall–Kier alpha value is -1.16. The molecular formula is C12H18N4O3S2. The minimum atomic E-state index is -3.62. The maximum absolute atomic E-state index is 13.0. The first kappa shape index (κ1) is 14.8. The van der Waals surface area contributed by atoms with Crippen molar-refractivity contribution in [2.45, 2.75) is 24.9 Å². The van der Waals surface area contributed by atoms with Crippen LogP contribution in [0.1, 0.15) is 13.8 Å². The maximum atomic E-state index is 13.0. The van der Waals surface area contributed by atoms with Crippen LogP contribution in [-0.2, 0) is 14.8 Å². The lowest BCUT2D eigenvalue weighted by atomic mass is 10.3. The summed E-state index contributed by atoms with van der Waals surface area (Å²) < 4.78 is 34.6. The van der Waals surface area contributed by atoms with Crippen LogP contribution in [0.4, 0.5) is 5.82 Å². The van der Waals surface area contributed by atoms with E-state index in [-0.39, 0.29) is 11.1 Å². The summed E-state index contributed by atoms with van der Waals surface area (Å²) in [5.41, 5.74) is 0. The van der Waals surface area contributed by atoms with E-state index in [1.54, 1.807) is 10.6 Å². The number of thiazole rings is 1. The van der Waals surface area contributed by atoms with Crippen molar-refractivity contribution >= 4 is 32.1 Å². The predicted octanol–water partition coefficient (Wildman–Crippen LogP) is 1.24. The molecule has 2 aromatic rings. The largest absolute Gasteiger partial charge is 0.378 e. The molecule has 1 saturated heterocycles. The number of hydrogen-bond acceptors (Lipinski definition) is 6. The Labute approximate surface area is 127 Å². The zero-order valence-corrected chi connectivity index (χ0v) is 13.6. The summed E-state index contributed by atoms with van der Waals surface area (Å²) in [6.45, 7) is 5.60. The van der Waals surface area contributed by atoms with Gasteiger partial charge < -0.3 is 10.1 Å². The standard InChI is InChI=1S/C12H18N4O3S2/c1-3-13-10-11(15-5-7-20-12(15)14-10)21(17,18)16-4-6-19-8-9(16)2/h5,7,9,13H,3-4,6,8H2,1-2H3. The van der Waals surface area contributed by atoms with Crippen molar-refractivity contribution in [1.29, 1.82) is 0 Å². The molecule has 0 amide bonds. The third-order valence-corrected chi connectivity index (χ3v) is 6.22. The van der Waals surface area contributed by atoms with E-state index in [0.29, 0.717) is 37.1 Å². The highest BCUT2D eigenvalue weighted by atomic mass is 32.2. The summed E-state index contributed by atoms with van der Waals surface area (Å²) in [5.74, 6) is 0.419. The van der Waals surface area contributed by atoms with Crippen LogP contribution >= 0.6 is 11.3 Å². The summed E-state index contributed by atoms with van der Waals surface area (Å²) >= 11 is 1.42. The Balaban J connectivity index is 2.12. The molecule has 3 heterocycles. The van der Waals surface area contributed by atoms with E-state index in [4.69, 9.17) is 4.74 Å². The highest BCUT2D eigenvalue weighted by Crippen LogP contribution is 2.29. The molecule has 0 saturated carbocycles. The fourth-order valence-corrected chi connectivity index (χ4v) is 5.08. The molecule has 21 heavy (non-hydrogen) atoms. The molecule has 9 heteroatoms. The zero-order valence-electron chi connectivity index (χ0n) is 11.9. The molecule has 0 aliphatic carbocycles. The van der Waals surface area contributed by atoms with Gasteiger partial charge in [-0.3, -0.25) is 4.40 Å². The van der Waals surface area contributed by atoms with Gasteiger partial charge >= 0.3 is 0 Å². The normalized spacial score (nSPS) is 21.0. The first-order chi connectivity index (χ1) is 10.1. The number of fused-ring (bicyclic) bond motifs is 1. The lowest BCUT2D eigenvalue weighted by molar-refractivity contribution is 0.0391. The van der Waals surface area contributed by atoms with Gasteiger partial charge in [-0.25, -0.2) is 13.4 Å². The average molecular weight is 330 g/mol. The number of morpholine rings is 1. The number of ether oxygens (including phenoxy) is 1. The van der Waals surface area contributed by atoms with E-state index in [1.165, 1.54) is 15.6 Å². The lowest BCUT2D eigenvalue weighted by Crippen LogP contribution is -2.47. The number of anilines is 1. The number of sulfonamides is 1. The first-order valence-corrected chi connectivity index (χ1v) is 9.16. The molecule has 7 nitrogen and oxygen atoms in total. The third kappa shape index (κ3) is 2.44. The Kier molecular flexibility index (Phi) is 3.91. The molecule has 1 fully saturated rings. The van der Waals surface area contributed by atoms with Gasteiger partial charge in [0.2, 0.25) is 0 Å². The van der Waals surface area contributed by atoms with Gasteiger partial charge in [0.05, 0.1) is 13.2 Å². The van der Waals surface area contributed by atoms with E-state index in [1.807, 2.05) is 19.2 Å². The molecule has 0 bridgehead atoms. The summed E-state index contributed by atoms with van der Waals surface area (Å²) in [5, 5.41) is 5.10. The third-order valence-electron chi connectivity index (χ3n) is 3.42. The van der Waals surface area contributed by atoms with E-state index in [2.05, 4.69) is 10.3 Å². The van der Waals surface area contributed by atoms with Crippen LogP contribution in [0.5, 0.6) is 0 Å². The van der Waals surface area contributed by atoms with Gasteiger partial charge in [0.25, 0.3) is 10.0 Å². The number of rotatable bonds is 4. The second-order valence-corrected chi connectivity index (χ2v) is 7.57. The maximum Gasteiger partial charge on any atom is 0.263 e. The molecule has 2 aromatic heterocycles. The van der Waals surface area contributed by atoms with Gasteiger partial charge in [0.1, 0.15) is 0 Å². The van der Waals surface area contributed by atoms with Crippen molar-refractivity contribution in [2.75, 3.05) is 31.6 Å². The summed E-state index contributed by atoms with van der Waals surface area (Å²) in [4.78, 5) is 5.05. The summed E-state index contributed by atoms with van der Waals surface area (Å²) in [6, 6.07) is -0.178. The SMILES string of the molecule is CCNc1nc2sccn2c1S(=O)(=O)N1CCOCC1C. The Morgan fingerprint density at radius 1 is 1.57 bits per heavy atom. The van der Waals surface area contributed by atoms with Crippen molar-refractivity contribution in [3.05, 3.63) is 11.6 Å². The van der Waals surface area contributed by atoms with Crippen LogP contribution in [0.2, 0.25) is 0 Å². The van der Waals surface area contributed by atoms with Gasteiger partial charge in [-0.05, 0) is 13.8 Å². The second kappa shape index (κ2) is 5.56. The smallest absolute Gasteiger partial charge is 0.263 e. The minimum Gasteiger partial charge on any atom is -0.378 e. The number of nitrogens with zero attached hydrogens (tertiary/aromatic N) is 3. The molecule has 0 spiro atoms. The topological polar surface area (TPSA) is 75.9 Å². The fourth-order valence-electron chi connectivity index (χ4n) is 2.47. The van der Waals surface area contributed by atoms with Crippen molar-refractivity contribution in [3.8, 4) is 0 Å². The Bertz CT molecular complexity index is 737. The van der Waals surface area contributed by atoms with Gasteiger partial charge in [0, 0.05) is 30.7 Å². The monoisotopic (exact) mass is 330 g/mol. The summed E-state index contributed by atoms with van der Waals surface area (Å²) in [6.07, 6.45) is 1.74. The van der Waals surface area contributed by atoms with E-state index < -0.39 is 10.0 Å². The molecule has 0 radical (unpaired) electrons. The Morgan fingerprint density at radius 2 is 2.38 bits per heavy atom. The van der Waals surface area contributed by atoms with E-state index in [9.17, 15) is 8.42 Å². The number of nitrogens with one attached hydrogen (secondary N) is 1. The van der Waals surface area contributed by atoms with Crippen LogP contribution in [0.15, 0.2) is 16.6 Å². The van der Waals surface area contributed by atoms with E-state index in [0.717, 1.165) is 0 Å². The molecule has 1 N–H and O–H groups in total. The lowest BCUT2D eigenvalue weighted by Gasteiger charge is -2.32. The molecular weight excluding hydrogens is 312 g/mol. The van der Waals surface area contributed by atoms with Gasteiger partial charge in [-0.2, -0.15) is 4.31 Å². The van der Waals surface area contributed by atoms with Gasteiger partial charge in [-0.15, -0.1) is 11.3 Å². The summed E-state index contributed by atoms with van der Waals surface area (Å²) in [7, 11) is -3.62. The van der Waals surface area contributed by atoms with Gasteiger partial charge in [0.15, 0.2) is 15.8 Å². The number of hydrogen-bond donors (Lipinski definition) is 1. The minimum absolute atomic E-state index is 0.178. The molecule has 3 rings (SSSR count). The van der Waals surface area contributed by atoms with Crippen molar-refractivity contribution in [1.82, 2.24) is 13.7 Å². The van der Waals surface area contributed by atoms with Crippen LogP contribution in [-0.4, -0.2) is 54.5 Å². The zero-order chi connectivity index (χ0) is 15.0. The van der Waals surface area contributed by atoms with Crippen molar-refractivity contribution in [2.24, 2.45) is 0 Å². The quantitative estimate of drug-likeness (QED) is 0.913. The number of imidazole rings is 1. The van der Waals surface area contributed by atoms with Gasteiger partial charge in [-0.1, -0.05) is 0 Å². The van der Waals surface area contributed by atoms with Crippen LogP contribution in [0.3, 0.4) is 0 Å². The van der Waals surface area contributed by atoms with Crippen LogP contribution < -0.4 is 5.32 Å². The predicted molar refractivity (Wildman–Crippen MR) is 81.4 cm³/mol. The Morgan fingerprint density at radius 3 is 3.10 bits per heavy atom. The van der Waals surface area contributed by atoms with E-state index >= 15 is 0 Å². The average Bonchev–Trinajstić information content (AvgIpc) is 2.99. The molecule has 1 atom stereocenters. The van der Waals surface area contributed by atoms with Crippen LogP contribution in [0, 0.1) is 0 Å². The van der Waals surface area contributed by atoms with Crippen LogP contribution in [0.25, 0.3) is 4.96 Å². The van der Waals surface area contributed by atoms with Crippen molar-refractivity contribution < 1.29 is 13.2 Å². The molecule has 1 unspecified atom stereocenters. The number of aromatic nitrogens is 2. The second-order valence-electron chi connectivity index (χ2n) is 4.89. The molecule has 116 valence electrons. The van der Waals surface area contributed by atoms with Crippen molar-refractivity contribution in [3.63, 3.8) is 0 Å².